The minimum Gasteiger partial charge on any atom is -0.448 e. The van der Waals surface area contributed by atoms with Gasteiger partial charge in [-0.1, -0.05) is 32.0 Å². The van der Waals surface area contributed by atoms with Crippen molar-refractivity contribution in [2.75, 3.05) is 4.72 Å². The molecular weight excluding hydrogens is 456 g/mol. The molecule has 2 aromatic carbocycles. The molecule has 0 aliphatic rings. The molecule has 0 spiro atoms. The fraction of sp³-hybridized carbons (Fsp3) is 0.250. The van der Waals surface area contributed by atoms with Crippen LogP contribution in [0.2, 0.25) is 0 Å². The van der Waals surface area contributed by atoms with Crippen molar-refractivity contribution in [3.05, 3.63) is 63.7 Å². The number of aryl methyl sites for hydroxylation is 1. The van der Waals surface area contributed by atoms with E-state index in [1.807, 2.05) is 5.32 Å². The van der Waals surface area contributed by atoms with Crippen LogP contribution in [0.15, 0.2) is 47.4 Å². The first-order valence-electron chi connectivity index (χ1n) is 9.51. The number of primary amides is 1. The van der Waals surface area contributed by atoms with Gasteiger partial charge in [0.1, 0.15) is 0 Å². The molecule has 0 unspecified atom stereocenters. The summed E-state index contributed by atoms with van der Waals surface area (Å²) in [6.07, 6.45) is -1.38. The van der Waals surface area contributed by atoms with Gasteiger partial charge in [0.25, 0.3) is 21.6 Å². The van der Waals surface area contributed by atoms with E-state index in [1.165, 1.54) is 43.3 Å². The topological polar surface area (TPSA) is 188 Å². The molecule has 0 saturated carbocycles. The van der Waals surface area contributed by atoms with E-state index in [9.17, 15) is 32.9 Å². The molecule has 2 aromatic rings. The Morgan fingerprint density at radius 1 is 1.12 bits per heavy atom. The molecule has 0 bridgehead atoms. The zero-order valence-electron chi connectivity index (χ0n) is 17.9. The van der Waals surface area contributed by atoms with Crippen LogP contribution >= 0.6 is 0 Å². The fourth-order valence-corrected chi connectivity index (χ4v) is 4.15. The molecule has 0 aliphatic carbocycles. The summed E-state index contributed by atoms with van der Waals surface area (Å²) in [6.45, 7) is 4.60. The zero-order chi connectivity index (χ0) is 24.9. The van der Waals surface area contributed by atoms with E-state index in [2.05, 4.69) is 4.72 Å². The number of ether oxygens (including phenoxy) is 1. The second kappa shape index (κ2) is 10.1. The van der Waals surface area contributed by atoms with Crippen LogP contribution in [-0.2, 0) is 19.6 Å². The van der Waals surface area contributed by atoms with Crippen molar-refractivity contribution < 1.29 is 32.5 Å². The Hall–Kier alpha value is -4.00. The highest BCUT2D eigenvalue weighted by Crippen LogP contribution is 2.26. The summed E-state index contributed by atoms with van der Waals surface area (Å²) in [4.78, 5) is 45.8. The molecule has 0 aromatic heterocycles. The maximum atomic E-state index is 12.9. The molecule has 176 valence electrons. The smallest absolute Gasteiger partial charge is 0.341 e. The lowest BCUT2D eigenvalue weighted by atomic mass is 10.1. The molecule has 0 aliphatic heterocycles. The average Bonchev–Trinajstić information content (AvgIpc) is 2.71. The number of hydrogen-bond acceptors (Lipinski definition) is 8. The van der Waals surface area contributed by atoms with Crippen LogP contribution in [0.1, 0.15) is 29.8 Å². The number of para-hydroxylation sites is 1. The van der Waals surface area contributed by atoms with E-state index in [-0.39, 0.29) is 21.7 Å². The molecule has 0 radical (unpaired) electrons. The summed E-state index contributed by atoms with van der Waals surface area (Å²) >= 11 is 0. The summed E-state index contributed by atoms with van der Waals surface area (Å²) in [6, 6.07) is 7.69. The molecule has 2 rings (SSSR count). The maximum absolute atomic E-state index is 12.9. The maximum Gasteiger partial charge on any atom is 0.341 e. The monoisotopic (exact) mass is 478 g/mol. The van der Waals surface area contributed by atoms with E-state index < -0.39 is 50.6 Å². The number of nitrogens with one attached hydrogen (secondary N) is 2. The van der Waals surface area contributed by atoms with Gasteiger partial charge >= 0.3 is 12.0 Å². The highest BCUT2D eigenvalue weighted by Gasteiger charge is 2.29. The first-order chi connectivity index (χ1) is 15.3. The Balaban J connectivity index is 2.38. The van der Waals surface area contributed by atoms with Crippen molar-refractivity contribution in [1.29, 1.82) is 0 Å². The number of esters is 1. The quantitative estimate of drug-likeness (QED) is 0.292. The number of nitro groups is 1. The van der Waals surface area contributed by atoms with Crippen LogP contribution in [0.4, 0.5) is 16.2 Å². The number of amides is 3. The van der Waals surface area contributed by atoms with Gasteiger partial charge in [-0.15, -0.1) is 0 Å². The number of anilines is 1. The largest absolute Gasteiger partial charge is 0.448 e. The number of imide groups is 1. The Bertz CT molecular complexity index is 1210. The summed E-state index contributed by atoms with van der Waals surface area (Å²) in [5.41, 5.74) is 4.36. The van der Waals surface area contributed by atoms with Crippen LogP contribution in [-0.4, -0.2) is 37.4 Å². The van der Waals surface area contributed by atoms with Crippen molar-refractivity contribution in [1.82, 2.24) is 5.32 Å². The molecule has 4 N–H and O–H groups in total. The SMILES string of the molecule is Cc1ccc([N+](=O)[O-])cc1S(=O)(=O)Nc1ccccc1C(=O)O[C@@H](C(=O)NC(N)=O)C(C)C. The van der Waals surface area contributed by atoms with E-state index in [0.717, 1.165) is 6.07 Å². The lowest BCUT2D eigenvalue weighted by Gasteiger charge is -2.21. The number of sulfonamides is 1. The molecular formula is C20H22N4O8S. The van der Waals surface area contributed by atoms with Crippen molar-refractivity contribution in [2.45, 2.75) is 31.8 Å². The third kappa shape index (κ3) is 6.26. The lowest BCUT2D eigenvalue weighted by molar-refractivity contribution is -0.385. The number of rotatable bonds is 8. The molecule has 0 saturated heterocycles. The van der Waals surface area contributed by atoms with Gasteiger partial charge in [-0.25, -0.2) is 18.0 Å². The van der Waals surface area contributed by atoms with Crippen LogP contribution in [0.3, 0.4) is 0 Å². The Morgan fingerprint density at radius 3 is 2.33 bits per heavy atom. The lowest BCUT2D eigenvalue weighted by Crippen LogP contribution is -2.45. The number of nitrogens with two attached hydrogens (primary N) is 1. The van der Waals surface area contributed by atoms with E-state index in [4.69, 9.17) is 10.5 Å². The molecule has 3 amide bonds. The number of non-ortho nitro benzene ring substituents is 1. The van der Waals surface area contributed by atoms with Gasteiger partial charge in [0.05, 0.1) is 21.1 Å². The fourth-order valence-electron chi connectivity index (χ4n) is 2.81. The van der Waals surface area contributed by atoms with Crippen LogP contribution < -0.4 is 15.8 Å². The number of carbonyl (C=O) groups is 3. The van der Waals surface area contributed by atoms with Crippen LogP contribution in [0.5, 0.6) is 0 Å². The van der Waals surface area contributed by atoms with Crippen LogP contribution in [0.25, 0.3) is 0 Å². The van der Waals surface area contributed by atoms with Crippen molar-refractivity contribution in [3.8, 4) is 0 Å². The highest BCUT2D eigenvalue weighted by atomic mass is 32.2. The standard InChI is InChI=1S/C20H22N4O8S/c1-11(2)17(18(25)22-20(21)27)32-19(26)14-6-4-5-7-15(14)23-33(30,31)16-10-13(24(28)29)9-8-12(16)3/h4-11,17,23H,1-3H3,(H3,21,22,25,27)/t17-/m1/s1. The first kappa shape index (κ1) is 25.3. The van der Waals surface area contributed by atoms with Gasteiger partial charge in [-0.3, -0.25) is 24.9 Å². The molecule has 1 atom stereocenters. The number of urea groups is 1. The van der Waals surface area contributed by atoms with Gasteiger partial charge in [0.2, 0.25) is 0 Å². The molecule has 12 nitrogen and oxygen atoms in total. The predicted molar refractivity (Wildman–Crippen MR) is 117 cm³/mol. The minimum absolute atomic E-state index is 0.175. The first-order valence-corrected chi connectivity index (χ1v) is 11.0. The summed E-state index contributed by atoms with van der Waals surface area (Å²) in [7, 11) is -4.34. The summed E-state index contributed by atoms with van der Waals surface area (Å²) in [5.74, 6) is -2.51. The number of nitro benzene ring substituents is 1. The molecule has 0 heterocycles. The van der Waals surface area contributed by atoms with Crippen molar-refractivity contribution >= 4 is 39.3 Å². The number of nitrogens with zero attached hydrogens (tertiary/aromatic N) is 1. The van der Waals surface area contributed by atoms with Gasteiger partial charge in [-0.05, 0) is 30.5 Å². The minimum atomic E-state index is -4.34. The number of hydrogen-bond donors (Lipinski definition) is 3. The second-order valence-electron chi connectivity index (χ2n) is 7.28. The van der Waals surface area contributed by atoms with Crippen molar-refractivity contribution in [2.24, 2.45) is 11.7 Å². The van der Waals surface area contributed by atoms with Gasteiger partial charge in [-0.2, -0.15) is 0 Å². The second-order valence-corrected chi connectivity index (χ2v) is 8.93. The number of benzene rings is 2. The highest BCUT2D eigenvalue weighted by molar-refractivity contribution is 7.92. The van der Waals surface area contributed by atoms with E-state index in [1.54, 1.807) is 13.8 Å². The Kier molecular flexibility index (Phi) is 7.72. The van der Waals surface area contributed by atoms with Crippen molar-refractivity contribution in [3.63, 3.8) is 0 Å². The molecule has 13 heteroatoms. The van der Waals surface area contributed by atoms with E-state index in [0.29, 0.717) is 0 Å². The summed E-state index contributed by atoms with van der Waals surface area (Å²) < 4.78 is 33.3. The van der Waals surface area contributed by atoms with Gasteiger partial charge in [0, 0.05) is 12.1 Å². The predicted octanol–water partition coefficient (Wildman–Crippen LogP) is 2.08. The normalized spacial score (nSPS) is 12.0. The van der Waals surface area contributed by atoms with Gasteiger partial charge in [0.15, 0.2) is 6.10 Å². The van der Waals surface area contributed by atoms with Crippen LogP contribution in [0, 0.1) is 23.0 Å². The Labute approximate surface area is 189 Å². The third-order valence-electron chi connectivity index (χ3n) is 4.41. The van der Waals surface area contributed by atoms with E-state index >= 15 is 0 Å². The third-order valence-corrected chi connectivity index (χ3v) is 5.92. The summed E-state index contributed by atoms with van der Waals surface area (Å²) in [5, 5.41) is 12.9. The van der Waals surface area contributed by atoms with Gasteiger partial charge < -0.3 is 10.5 Å². The zero-order valence-corrected chi connectivity index (χ0v) is 18.7. The molecule has 33 heavy (non-hydrogen) atoms. The Morgan fingerprint density at radius 2 is 1.76 bits per heavy atom. The number of carbonyl (C=O) groups excluding carboxylic acids is 3. The average molecular weight is 478 g/mol. The molecule has 0 fully saturated rings.